The first kappa shape index (κ1) is 17.5. The van der Waals surface area contributed by atoms with Crippen LogP contribution in [0.2, 0.25) is 0 Å². The third kappa shape index (κ3) is 4.13. The summed E-state index contributed by atoms with van der Waals surface area (Å²) in [5.74, 6) is 1.35. The zero-order chi connectivity index (χ0) is 17.5. The molecule has 0 heterocycles. The van der Waals surface area contributed by atoms with Crippen molar-refractivity contribution in [2.45, 2.75) is 19.8 Å². The summed E-state index contributed by atoms with van der Waals surface area (Å²) in [5, 5.41) is 6.38. The third-order valence-electron chi connectivity index (χ3n) is 3.54. The first-order valence-electron chi connectivity index (χ1n) is 7.77. The normalized spacial score (nSPS) is 11.3. The number of benzene rings is 2. The molecular weight excluding hydrogens is 304 g/mol. The van der Waals surface area contributed by atoms with Crippen molar-refractivity contribution in [2.24, 2.45) is 5.16 Å². The van der Waals surface area contributed by atoms with Crippen LogP contribution in [0.4, 0.5) is 0 Å². The van der Waals surface area contributed by atoms with Gasteiger partial charge in [0.1, 0.15) is 18.6 Å². The Kier molecular flexibility index (Phi) is 5.95. The predicted molar refractivity (Wildman–Crippen MR) is 94.7 cm³/mol. The minimum absolute atomic E-state index is 0.161. The molecule has 0 aromatic heterocycles. The van der Waals surface area contributed by atoms with E-state index in [9.17, 15) is 4.79 Å². The molecule has 0 bridgehead atoms. The van der Waals surface area contributed by atoms with E-state index in [1.165, 1.54) is 12.7 Å². The summed E-state index contributed by atoms with van der Waals surface area (Å²) in [5.41, 5.74) is 1.96. The SMILES string of the molecule is CNC(=O)/C(=N/OC)c1ccccc1Oc1ccc(C(C)C)cc1. The summed E-state index contributed by atoms with van der Waals surface area (Å²) >= 11 is 0. The Morgan fingerprint density at radius 2 is 1.75 bits per heavy atom. The van der Waals surface area contributed by atoms with Crippen LogP contribution in [0.25, 0.3) is 0 Å². The van der Waals surface area contributed by atoms with Gasteiger partial charge < -0.3 is 14.9 Å². The molecule has 0 saturated carbocycles. The molecule has 0 aliphatic carbocycles. The highest BCUT2D eigenvalue weighted by molar-refractivity contribution is 6.45. The average Bonchev–Trinajstić information content (AvgIpc) is 2.60. The molecule has 0 atom stereocenters. The van der Waals surface area contributed by atoms with E-state index in [1.807, 2.05) is 36.4 Å². The van der Waals surface area contributed by atoms with Gasteiger partial charge in [0.05, 0.1) is 5.56 Å². The first-order valence-corrected chi connectivity index (χ1v) is 7.77. The Hall–Kier alpha value is -2.82. The molecular formula is C19H22N2O3. The number of hydrogen-bond acceptors (Lipinski definition) is 4. The van der Waals surface area contributed by atoms with Crippen molar-refractivity contribution < 1.29 is 14.4 Å². The molecule has 2 aromatic rings. The molecule has 5 nitrogen and oxygen atoms in total. The van der Waals surface area contributed by atoms with E-state index < -0.39 is 0 Å². The number of carbonyl (C=O) groups excluding carboxylic acids is 1. The van der Waals surface area contributed by atoms with Crippen LogP contribution in [0.1, 0.15) is 30.9 Å². The van der Waals surface area contributed by atoms with Crippen LogP contribution in [-0.2, 0) is 9.63 Å². The summed E-state index contributed by atoms with van der Waals surface area (Å²) in [4.78, 5) is 16.8. The Labute approximate surface area is 142 Å². The molecule has 1 amide bonds. The second-order valence-corrected chi connectivity index (χ2v) is 5.52. The molecule has 0 radical (unpaired) electrons. The molecule has 1 N–H and O–H groups in total. The minimum atomic E-state index is -0.344. The zero-order valence-electron chi connectivity index (χ0n) is 14.4. The van der Waals surface area contributed by atoms with E-state index in [1.54, 1.807) is 19.2 Å². The standard InChI is InChI=1S/C19H22N2O3/c1-13(2)14-9-11-15(12-10-14)24-17-8-6-5-7-16(17)18(21-23-4)19(22)20-3/h5-13H,1-4H3,(H,20,22)/b21-18+. The molecule has 0 unspecified atom stereocenters. The van der Waals surface area contributed by atoms with Gasteiger partial charge in [0, 0.05) is 7.05 Å². The summed E-state index contributed by atoms with van der Waals surface area (Å²) in [6.45, 7) is 4.28. The van der Waals surface area contributed by atoms with Crippen LogP contribution >= 0.6 is 0 Å². The highest BCUT2D eigenvalue weighted by Crippen LogP contribution is 2.27. The Morgan fingerprint density at radius 1 is 1.08 bits per heavy atom. The molecule has 0 spiro atoms. The quantitative estimate of drug-likeness (QED) is 0.650. The van der Waals surface area contributed by atoms with Gasteiger partial charge in [0.15, 0.2) is 5.71 Å². The molecule has 0 saturated heterocycles. The fraction of sp³-hybridized carbons (Fsp3) is 0.263. The molecule has 126 valence electrons. The topological polar surface area (TPSA) is 59.9 Å². The van der Waals surface area contributed by atoms with Gasteiger partial charge in [-0.3, -0.25) is 4.79 Å². The van der Waals surface area contributed by atoms with Crippen molar-refractivity contribution in [1.29, 1.82) is 0 Å². The number of nitrogens with zero attached hydrogens (tertiary/aromatic N) is 1. The zero-order valence-corrected chi connectivity index (χ0v) is 14.4. The van der Waals surface area contributed by atoms with Crippen molar-refractivity contribution in [1.82, 2.24) is 5.32 Å². The van der Waals surface area contributed by atoms with Crippen LogP contribution in [-0.4, -0.2) is 25.8 Å². The number of oxime groups is 1. The van der Waals surface area contributed by atoms with Gasteiger partial charge in [-0.05, 0) is 35.7 Å². The second kappa shape index (κ2) is 8.15. The Morgan fingerprint density at radius 3 is 2.33 bits per heavy atom. The molecule has 0 aliphatic heterocycles. The Bertz CT molecular complexity index is 722. The van der Waals surface area contributed by atoms with Crippen molar-refractivity contribution in [3.8, 4) is 11.5 Å². The van der Waals surface area contributed by atoms with Crippen LogP contribution in [0.5, 0.6) is 11.5 Å². The number of ether oxygens (including phenoxy) is 1. The van der Waals surface area contributed by atoms with Crippen LogP contribution in [0, 0.1) is 0 Å². The molecule has 24 heavy (non-hydrogen) atoms. The lowest BCUT2D eigenvalue weighted by atomic mass is 10.0. The average molecular weight is 326 g/mol. The van der Waals surface area contributed by atoms with E-state index in [2.05, 4.69) is 24.3 Å². The lowest BCUT2D eigenvalue weighted by Crippen LogP contribution is -2.28. The highest BCUT2D eigenvalue weighted by Gasteiger charge is 2.18. The van der Waals surface area contributed by atoms with E-state index in [4.69, 9.17) is 9.57 Å². The van der Waals surface area contributed by atoms with E-state index in [0.717, 1.165) is 0 Å². The van der Waals surface area contributed by atoms with E-state index >= 15 is 0 Å². The second-order valence-electron chi connectivity index (χ2n) is 5.52. The Balaban J connectivity index is 2.34. The van der Waals surface area contributed by atoms with Gasteiger partial charge in [0.25, 0.3) is 5.91 Å². The first-order chi connectivity index (χ1) is 11.6. The van der Waals surface area contributed by atoms with Gasteiger partial charge in [-0.2, -0.15) is 0 Å². The number of likely N-dealkylation sites (N-methyl/N-ethyl adjacent to an activating group) is 1. The fourth-order valence-electron chi connectivity index (χ4n) is 2.22. The molecule has 5 heteroatoms. The van der Waals surface area contributed by atoms with Gasteiger partial charge in [-0.15, -0.1) is 0 Å². The molecule has 2 rings (SSSR count). The summed E-state index contributed by atoms with van der Waals surface area (Å²) in [6.07, 6.45) is 0. The summed E-state index contributed by atoms with van der Waals surface area (Å²) in [7, 11) is 2.94. The number of carbonyl (C=O) groups is 1. The maximum Gasteiger partial charge on any atom is 0.273 e. The van der Waals surface area contributed by atoms with Gasteiger partial charge in [-0.25, -0.2) is 0 Å². The van der Waals surface area contributed by atoms with Crippen molar-refractivity contribution in [3.05, 3.63) is 59.7 Å². The van der Waals surface area contributed by atoms with Crippen LogP contribution in [0.3, 0.4) is 0 Å². The van der Waals surface area contributed by atoms with E-state index in [0.29, 0.717) is 23.0 Å². The minimum Gasteiger partial charge on any atom is -0.457 e. The van der Waals surface area contributed by atoms with E-state index in [-0.39, 0.29) is 11.6 Å². The summed E-state index contributed by atoms with van der Waals surface area (Å²) < 4.78 is 5.95. The van der Waals surface area contributed by atoms with Gasteiger partial charge >= 0.3 is 0 Å². The number of amides is 1. The number of nitrogens with one attached hydrogen (secondary N) is 1. The number of rotatable bonds is 6. The maximum absolute atomic E-state index is 12.0. The monoisotopic (exact) mass is 326 g/mol. The lowest BCUT2D eigenvalue weighted by Gasteiger charge is -2.13. The third-order valence-corrected chi connectivity index (χ3v) is 3.54. The van der Waals surface area contributed by atoms with Crippen molar-refractivity contribution in [3.63, 3.8) is 0 Å². The molecule has 0 fully saturated rings. The van der Waals surface area contributed by atoms with Crippen molar-refractivity contribution in [2.75, 3.05) is 14.2 Å². The van der Waals surface area contributed by atoms with Gasteiger partial charge in [-0.1, -0.05) is 43.3 Å². The van der Waals surface area contributed by atoms with Crippen LogP contribution < -0.4 is 10.1 Å². The van der Waals surface area contributed by atoms with Crippen molar-refractivity contribution >= 4 is 11.6 Å². The maximum atomic E-state index is 12.0. The highest BCUT2D eigenvalue weighted by atomic mass is 16.6. The number of hydrogen-bond donors (Lipinski definition) is 1. The molecule has 0 aliphatic rings. The number of para-hydroxylation sites is 1. The largest absolute Gasteiger partial charge is 0.457 e. The smallest absolute Gasteiger partial charge is 0.273 e. The predicted octanol–water partition coefficient (Wildman–Crippen LogP) is 3.70. The molecule has 2 aromatic carbocycles. The lowest BCUT2D eigenvalue weighted by molar-refractivity contribution is -0.114. The van der Waals surface area contributed by atoms with Crippen LogP contribution in [0.15, 0.2) is 53.7 Å². The summed E-state index contributed by atoms with van der Waals surface area (Å²) in [6, 6.07) is 15.1. The van der Waals surface area contributed by atoms with Gasteiger partial charge in [0.2, 0.25) is 0 Å². The fourth-order valence-corrected chi connectivity index (χ4v) is 2.22.